The highest BCUT2D eigenvalue weighted by Gasteiger charge is 2.32. The van der Waals surface area contributed by atoms with Crippen molar-refractivity contribution in [2.24, 2.45) is 0 Å². The number of carbonyl (C=O) groups is 1. The van der Waals surface area contributed by atoms with Crippen molar-refractivity contribution in [1.82, 2.24) is 4.90 Å². The molecule has 5 heteroatoms. The molecule has 2 aliphatic rings. The minimum absolute atomic E-state index is 0.0148. The largest absolute Gasteiger partial charge is 0.490 e. The van der Waals surface area contributed by atoms with E-state index in [1.807, 2.05) is 24.1 Å². The van der Waals surface area contributed by atoms with Crippen molar-refractivity contribution in [3.8, 4) is 11.5 Å². The van der Waals surface area contributed by atoms with E-state index >= 15 is 0 Å². The predicted molar refractivity (Wildman–Crippen MR) is 88.7 cm³/mol. The summed E-state index contributed by atoms with van der Waals surface area (Å²) in [5, 5.41) is 0.0148. The predicted octanol–water partition coefficient (Wildman–Crippen LogP) is 3.26. The summed E-state index contributed by atoms with van der Waals surface area (Å²) in [5.74, 6) is 1.86. The molecule has 3 rings (SSSR count). The molecule has 0 aromatic heterocycles. The molecule has 4 nitrogen and oxygen atoms in total. The average molecular weight is 321 g/mol. The van der Waals surface area contributed by atoms with Gasteiger partial charge in [0.25, 0.3) is 0 Å². The van der Waals surface area contributed by atoms with Crippen LogP contribution in [0.4, 0.5) is 0 Å². The van der Waals surface area contributed by atoms with E-state index in [-0.39, 0.29) is 17.2 Å². The Balaban J connectivity index is 1.83. The third-order valence-corrected chi connectivity index (χ3v) is 5.30. The number of rotatable bonds is 3. The summed E-state index contributed by atoms with van der Waals surface area (Å²) in [6.07, 6.45) is 4.98. The molecule has 2 atom stereocenters. The number of benzene rings is 1. The molecule has 1 aromatic rings. The van der Waals surface area contributed by atoms with Gasteiger partial charge in [-0.1, -0.05) is 6.07 Å². The van der Waals surface area contributed by atoms with Gasteiger partial charge in [-0.2, -0.15) is 11.8 Å². The number of nitrogens with zero attached hydrogens (tertiary/aromatic N) is 1. The lowest BCUT2D eigenvalue weighted by atomic mass is 10.0. The molecule has 120 valence electrons. The van der Waals surface area contributed by atoms with Gasteiger partial charge >= 0.3 is 0 Å². The number of ether oxygens (including phenoxy) is 2. The zero-order valence-electron chi connectivity index (χ0n) is 13.2. The van der Waals surface area contributed by atoms with Gasteiger partial charge in [-0.05, 0) is 43.7 Å². The first kappa shape index (κ1) is 15.5. The number of amides is 1. The van der Waals surface area contributed by atoms with E-state index in [1.54, 1.807) is 11.8 Å². The van der Waals surface area contributed by atoms with Crippen molar-refractivity contribution in [2.45, 2.75) is 37.5 Å². The van der Waals surface area contributed by atoms with Crippen molar-refractivity contribution in [3.05, 3.63) is 23.8 Å². The van der Waals surface area contributed by atoms with Crippen LogP contribution in [0.25, 0.3) is 0 Å². The minimum atomic E-state index is 0.0148. The molecular weight excluding hydrogens is 298 g/mol. The first-order valence-electron chi connectivity index (χ1n) is 7.93. The van der Waals surface area contributed by atoms with Crippen LogP contribution in [-0.4, -0.2) is 42.1 Å². The van der Waals surface area contributed by atoms with Crippen molar-refractivity contribution in [3.63, 3.8) is 0 Å². The molecule has 1 aromatic carbocycles. The van der Waals surface area contributed by atoms with Crippen LogP contribution in [-0.2, 0) is 4.79 Å². The van der Waals surface area contributed by atoms with E-state index in [2.05, 4.69) is 12.1 Å². The summed E-state index contributed by atoms with van der Waals surface area (Å²) in [6, 6.07) is 6.28. The highest BCUT2D eigenvalue weighted by Crippen LogP contribution is 2.38. The molecule has 0 bridgehead atoms. The maximum Gasteiger partial charge on any atom is 0.235 e. The van der Waals surface area contributed by atoms with Crippen LogP contribution in [0.5, 0.6) is 11.5 Å². The molecule has 2 heterocycles. The number of carbonyl (C=O) groups excluding carboxylic acids is 1. The SMILES string of the molecule is CS[C@H](C)C(=O)N1CCC[C@H]1c1ccc2c(c1)OCCCO2. The summed E-state index contributed by atoms with van der Waals surface area (Å²) < 4.78 is 11.5. The fourth-order valence-corrected chi connectivity index (χ4v) is 3.44. The molecule has 1 saturated heterocycles. The van der Waals surface area contributed by atoms with Gasteiger partial charge < -0.3 is 14.4 Å². The van der Waals surface area contributed by atoms with Crippen LogP contribution in [0.3, 0.4) is 0 Å². The Bertz CT molecular complexity index is 549. The Morgan fingerprint density at radius 3 is 2.82 bits per heavy atom. The Morgan fingerprint density at radius 2 is 2.05 bits per heavy atom. The molecule has 1 amide bonds. The van der Waals surface area contributed by atoms with Crippen molar-refractivity contribution >= 4 is 17.7 Å². The summed E-state index contributed by atoms with van der Waals surface area (Å²) in [5.41, 5.74) is 1.16. The van der Waals surface area contributed by atoms with Crippen LogP contribution in [0.1, 0.15) is 37.8 Å². The number of hydrogen-bond acceptors (Lipinski definition) is 4. The van der Waals surface area contributed by atoms with Gasteiger partial charge in [0.1, 0.15) is 0 Å². The van der Waals surface area contributed by atoms with Gasteiger partial charge in [0.15, 0.2) is 11.5 Å². The van der Waals surface area contributed by atoms with Gasteiger partial charge in [-0.15, -0.1) is 0 Å². The van der Waals surface area contributed by atoms with E-state index < -0.39 is 0 Å². The zero-order valence-corrected chi connectivity index (χ0v) is 14.0. The van der Waals surface area contributed by atoms with Crippen molar-refractivity contribution in [2.75, 3.05) is 26.0 Å². The normalized spacial score (nSPS) is 22.3. The van der Waals surface area contributed by atoms with E-state index in [4.69, 9.17) is 9.47 Å². The Morgan fingerprint density at radius 1 is 1.27 bits per heavy atom. The molecule has 0 unspecified atom stereocenters. The molecule has 0 aliphatic carbocycles. The average Bonchev–Trinajstić information content (AvgIpc) is 2.91. The van der Waals surface area contributed by atoms with Gasteiger partial charge in [0.05, 0.1) is 24.5 Å². The lowest BCUT2D eigenvalue weighted by Gasteiger charge is -2.27. The van der Waals surface area contributed by atoms with E-state index in [0.717, 1.165) is 42.9 Å². The molecular formula is C17H23NO3S. The Hall–Kier alpha value is -1.36. The van der Waals surface area contributed by atoms with Gasteiger partial charge in [0.2, 0.25) is 5.91 Å². The van der Waals surface area contributed by atoms with Crippen LogP contribution in [0.15, 0.2) is 18.2 Å². The minimum Gasteiger partial charge on any atom is -0.490 e. The number of thioether (sulfide) groups is 1. The van der Waals surface area contributed by atoms with Crippen molar-refractivity contribution < 1.29 is 14.3 Å². The van der Waals surface area contributed by atoms with Crippen LogP contribution >= 0.6 is 11.8 Å². The quantitative estimate of drug-likeness (QED) is 0.856. The van der Waals surface area contributed by atoms with Gasteiger partial charge in [-0.3, -0.25) is 4.79 Å². The maximum absolute atomic E-state index is 12.6. The zero-order chi connectivity index (χ0) is 15.5. The molecule has 0 spiro atoms. The topological polar surface area (TPSA) is 38.8 Å². The standard InChI is InChI=1S/C17H23NO3S/c1-12(22-2)17(19)18-8-3-5-14(18)13-6-7-15-16(11-13)21-10-4-9-20-15/h6-7,11-12,14H,3-5,8-10H2,1-2H3/t12-,14+/m1/s1. The van der Waals surface area contributed by atoms with Crippen molar-refractivity contribution in [1.29, 1.82) is 0 Å². The number of fused-ring (bicyclic) bond motifs is 1. The van der Waals surface area contributed by atoms with Crippen LogP contribution in [0, 0.1) is 0 Å². The smallest absolute Gasteiger partial charge is 0.235 e. The monoisotopic (exact) mass is 321 g/mol. The Labute approximate surface area is 136 Å². The second-order valence-electron chi connectivity index (χ2n) is 5.82. The Kier molecular flexibility index (Phi) is 4.81. The highest BCUT2D eigenvalue weighted by molar-refractivity contribution is 7.99. The maximum atomic E-state index is 12.6. The third kappa shape index (κ3) is 3.05. The second-order valence-corrected chi connectivity index (χ2v) is 7.00. The third-order valence-electron chi connectivity index (χ3n) is 4.39. The first-order chi connectivity index (χ1) is 10.7. The van der Waals surface area contributed by atoms with Gasteiger partial charge in [0, 0.05) is 13.0 Å². The van der Waals surface area contributed by atoms with E-state index in [9.17, 15) is 4.79 Å². The summed E-state index contributed by atoms with van der Waals surface area (Å²) in [4.78, 5) is 14.6. The summed E-state index contributed by atoms with van der Waals surface area (Å²) >= 11 is 1.61. The fraction of sp³-hybridized carbons (Fsp3) is 0.588. The first-order valence-corrected chi connectivity index (χ1v) is 9.22. The lowest BCUT2D eigenvalue weighted by molar-refractivity contribution is -0.131. The molecule has 2 aliphatic heterocycles. The van der Waals surface area contributed by atoms with Crippen LogP contribution < -0.4 is 9.47 Å². The highest BCUT2D eigenvalue weighted by atomic mass is 32.2. The van der Waals surface area contributed by atoms with Gasteiger partial charge in [-0.25, -0.2) is 0 Å². The molecule has 22 heavy (non-hydrogen) atoms. The van der Waals surface area contributed by atoms with E-state index in [1.165, 1.54) is 0 Å². The molecule has 0 N–H and O–H groups in total. The van der Waals surface area contributed by atoms with E-state index in [0.29, 0.717) is 13.2 Å². The summed E-state index contributed by atoms with van der Waals surface area (Å²) in [6.45, 7) is 4.22. The lowest BCUT2D eigenvalue weighted by Crippen LogP contribution is -2.36. The fourth-order valence-electron chi connectivity index (χ4n) is 3.10. The van der Waals surface area contributed by atoms with Crippen LogP contribution in [0.2, 0.25) is 0 Å². The molecule has 0 saturated carbocycles. The number of hydrogen-bond donors (Lipinski definition) is 0. The second kappa shape index (κ2) is 6.82. The molecule has 0 radical (unpaired) electrons. The molecule has 1 fully saturated rings. The summed E-state index contributed by atoms with van der Waals surface area (Å²) in [7, 11) is 0. The number of likely N-dealkylation sites (tertiary alicyclic amines) is 1.